The first-order valence-corrected chi connectivity index (χ1v) is 3.71. The minimum Gasteiger partial charge on any atom is -0.396 e. The fourth-order valence-electron chi connectivity index (χ4n) is 0.977. The zero-order valence-electron chi connectivity index (χ0n) is 6.62. The van der Waals surface area contributed by atoms with Crippen molar-refractivity contribution in [1.82, 2.24) is 9.78 Å². The van der Waals surface area contributed by atoms with Crippen molar-refractivity contribution in [2.24, 2.45) is 0 Å². The van der Waals surface area contributed by atoms with E-state index in [1.54, 1.807) is 10.7 Å². The maximum absolute atomic E-state index is 8.60. The maximum atomic E-state index is 8.60. The molecule has 0 atom stereocenters. The normalized spacial score (nSPS) is 10.4. The van der Waals surface area contributed by atoms with Gasteiger partial charge in [-0.2, -0.15) is 5.10 Å². The van der Waals surface area contributed by atoms with Crippen LogP contribution in [0, 0.1) is 0 Å². The zero-order chi connectivity index (χ0) is 8.27. The highest BCUT2D eigenvalue weighted by Gasteiger charge is 2.01. The quantitative estimate of drug-likeness (QED) is 0.646. The molecule has 0 aromatic carbocycles. The molecule has 3 N–H and O–H groups in total. The number of nitrogen functional groups attached to an aromatic ring is 1. The number of nitrogens with zero attached hydrogens (tertiary/aromatic N) is 2. The molecule has 4 heteroatoms. The average Bonchev–Trinajstić information content (AvgIpc) is 2.32. The Morgan fingerprint density at radius 2 is 2.45 bits per heavy atom. The van der Waals surface area contributed by atoms with E-state index >= 15 is 0 Å². The number of hydrogen-bond acceptors (Lipinski definition) is 3. The van der Waals surface area contributed by atoms with Crippen molar-refractivity contribution in [2.75, 3.05) is 12.3 Å². The van der Waals surface area contributed by atoms with Crippen molar-refractivity contribution in [3.8, 4) is 0 Å². The van der Waals surface area contributed by atoms with E-state index in [-0.39, 0.29) is 6.61 Å². The standard InChI is InChI=1S/C7H13N3O/c1-2-10-7(8)5-6(9-10)3-4-11/h5,11H,2-4,8H2,1H3. The maximum Gasteiger partial charge on any atom is 0.121 e. The molecule has 0 bridgehead atoms. The summed E-state index contributed by atoms with van der Waals surface area (Å²) in [6, 6.07) is 1.79. The van der Waals surface area contributed by atoms with Crippen LogP contribution in [0.2, 0.25) is 0 Å². The summed E-state index contributed by atoms with van der Waals surface area (Å²) in [5.41, 5.74) is 6.45. The van der Waals surface area contributed by atoms with Crippen molar-refractivity contribution < 1.29 is 5.11 Å². The van der Waals surface area contributed by atoms with E-state index in [2.05, 4.69) is 5.10 Å². The van der Waals surface area contributed by atoms with Crippen LogP contribution in [-0.4, -0.2) is 21.5 Å². The van der Waals surface area contributed by atoms with Gasteiger partial charge in [0.2, 0.25) is 0 Å². The molecule has 0 fully saturated rings. The zero-order valence-corrected chi connectivity index (χ0v) is 6.62. The lowest BCUT2D eigenvalue weighted by Crippen LogP contribution is -2.02. The summed E-state index contributed by atoms with van der Waals surface area (Å²) in [5.74, 6) is 0.663. The number of hydrogen-bond donors (Lipinski definition) is 2. The summed E-state index contributed by atoms with van der Waals surface area (Å²) in [6.45, 7) is 2.88. The van der Waals surface area contributed by atoms with E-state index in [1.165, 1.54) is 0 Å². The first kappa shape index (κ1) is 8.07. The first-order valence-electron chi connectivity index (χ1n) is 3.71. The van der Waals surface area contributed by atoms with Crippen LogP contribution in [-0.2, 0) is 13.0 Å². The molecule has 0 aliphatic carbocycles. The molecule has 4 nitrogen and oxygen atoms in total. The highest BCUT2D eigenvalue weighted by molar-refractivity contribution is 5.30. The van der Waals surface area contributed by atoms with Gasteiger partial charge in [0.25, 0.3) is 0 Å². The van der Waals surface area contributed by atoms with Crippen LogP contribution in [0.3, 0.4) is 0 Å². The third-order valence-corrected chi connectivity index (χ3v) is 1.53. The van der Waals surface area contributed by atoms with Gasteiger partial charge in [-0.1, -0.05) is 0 Å². The summed E-state index contributed by atoms with van der Waals surface area (Å²) < 4.78 is 1.71. The minimum atomic E-state index is 0.125. The largest absolute Gasteiger partial charge is 0.396 e. The van der Waals surface area contributed by atoms with Crippen LogP contribution in [0.25, 0.3) is 0 Å². The predicted molar refractivity (Wildman–Crippen MR) is 43.1 cm³/mol. The van der Waals surface area contributed by atoms with Gasteiger partial charge in [0.05, 0.1) is 5.69 Å². The van der Waals surface area contributed by atoms with Crippen molar-refractivity contribution in [2.45, 2.75) is 19.9 Å². The summed E-state index contributed by atoms with van der Waals surface area (Å²) in [7, 11) is 0. The van der Waals surface area contributed by atoms with Gasteiger partial charge in [0.1, 0.15) is 5.82 Å². The Labute approximate surface area is 65.6 Å². The smallest absolute Gasteiger partial charge is 0.121 e. The molecule has 1 rings (SSSR count). The monoisotopic (exact) mass is 155 g/mol. The molecule has 0 radical (unpaired) electrons. The summed E-state index contributed by atoms with van der Waals surface area (Å²) in [6.07, 6.45) is 0.581. The van der Waals surface area contributed by atoms with Gasteiger partial charge in [-0.05, 0) is 6.92 Å². The fourth-order valence-corrected chi connectivity index (χ4v) is 0.977. The van der Waals surface area contributed by atoms with Gasteiger partial charge in [0.15, 0.2) is 0 Å². The fraction of sp³-hybridized carbons (Fsp3) is 0.571. The van der Waals surface area contributed by atoms with E-state index in [0.717, 1.165) is 12.2 Å². The second-order valence-electron chi connectivity index (χ2n) is 2.35. The highest BCUT2D eigenvalue weighted by Crippen LogP contribution is 2.05. The third-order valence-electron chi connectivity index (χ3n) is 1.53. The third kappa shape index (κ3) is 1.71. The summed E-state index contributed by atoms with van der Waals surface area (Å²) in [4.78, 5) is 0. The Hall–Kier alpha value is -1.03. The van der Waals surface area contributed by atoms with Gasteiger partial charge in [-0.25, -0.2) is 0 Å². The molecule has 0 amide bonds. The number of aliphatic hydroxyl groups excluding tert-OH is 1. The predicted octanol–water partition coefficient (Wildman–Crippen LogP) is 0.0200. The highest BCUT2D eigenvalue weighted by atomic mass is 16.3. The molecule has 0 saturated carbocycles. The number of anilines is 1. The molecule has 1 aromatic heterocycles. The molecular formula is C7H13N3O. The van der Waals surface area contributed by atoms with E-state index in [1.807, 2.05) is 6.92 Å². The molecule has 0 aliphatic rings. The Balaban J connectivity index is 2.77. The number of rotatable bonds is 3. The van der Waals surface area contributed by atoms with Gasteiger partial charge in [-0.15, -0.1) is 0 Å². The van der Waals surface area contributed by atoms with E-state index in [0.29, 0.717) is 12.2 Å². The molecule has 1 aromatic rings. The van der Waals surface area contributed by atoms with Gasteiger partial charge in [-0.3, -0.25) is 4.68 Å². The molecular weight excluding hydrogens is 142 g/mol. The SMILES string of the molecule is CCn1nc(CCO)cc1N. The molecule has 62 valence electrons. The van der Waals surface area contributed by atoms with E-state index in [4.69, 9.17) is 10.8 Å². The second kappa shape index (κ2) is 3.39. The van der Waals surface area contributed by atoms with Crippen LogP contribution in [0.15, 0.2) is 6.07 Å². The molecule has 0 spiro atoms. The molecule has 0 saturated heterocycles. The lowest BCUT2D eigenvalue weighted by atomic mass is 10.3. The van der Waals surface area contributed by atoms with Crippen molar-refractivity contribution in [1.29, 1.82) is 0 Å². The average molecular weight is 155 g/mol. The van der Waals surface area contributed by atoms with Crippen LogP contribution in [0.4, 0.5) is 5.82 Å². The Morgan fingerprint density at radius 3 is 2.91 bits per heavy atom. The summed E-state index contributed by atoms with van der Waals surface area (Å²) >= 11 is 0. The number of aromatic nitrogens is 2. The Morgan fingerprint density at radius 1 is 1.73 bits per heavy atom. The Kier molecular flexibility index (Phi) is 2.48. The van der Waals surface area contributed by atoms with Crippen LogP contribution in [0.1, 0.15) is 12.6 Å². The van der Waals surface area contributed by atoms with Crippen molar-refractivity contribution >= 4 is 5.82 Å². The lowest BCUT2D eigenvalue weighted by Gasteiger charge is -1.95. The van der Waals surface area contributed by atoms with Crippen LogP contribution in [0.5, 0.6) is 0 Å². The van der Waals surface area contributed by atoms with Gasteiger partial charge >= 0.3 is 0 Å². The summed E-state index contributed by atoms with van der Waals surface area (Å²) in [5, 5.41) is 12.8. The van der Waals surface area contributed by atoms with Crippen LogP contribution >= 0.6 is 0 Å². The van der Waals surface area contributed by atoms with Crippen LogP contribution < -0.4 is 5.73 Å². The number of aryl methyl sites for hydroxylation is 1. The van der Waals surface area contributed by atoms with Gasteiger partial charge < -0.3 is 10.8 Å². The molecule has 11 heavy (non-hydrogen) atoms. The lowest BCUT2D eigenvalue weighted by molar-refractivity contribution is 0.297. The number of nitrogens with two attached hydrogens (primary N) is 1. The first-order chi connectivity index (χ1) is 5.27. The molecule has 0 aliphatic heterocycles. The number of aliphatic hydroxyl groups is 1. The van der Waals surface area contributed by atoms with Gasteiger partial charge in [0, 0.05) is 25.6 Å². The Bertz CT molecular complexity index is 232. The van der Waals surface area contributed by atoms with Crippen molar-refractivity contribution in [3.63, 3.8) is 0 Å². The molecule has 0 unspecified atom stereocenters. The minimum absolute atomic E-state index is 0.125. The second-order valence-corrected chi connectivity index (χ2v) is 2.35. The van der Waals surface area contributed by atoms with E-state index < -0.39 is 0 Å². The molecule has 1 heterocycles. The topological polar surface area (TPSA) is 64.1 Å². The van der Waals surface area contributed by atoms with Crippen molar-refractivity contribution in [3.05, 3.63) is 11.8 Å². The van der Waals surface area contributed by atoms with E-state index in [9.17, 15) is 0 Å².